The molecule has 2 aromatic heterocycles. The smallest absolute Gasteiger partial charge is 0.193 e. The second kappa shape index (κ2) is 8.19. The molecule has 1 fully saturated rings. The van der Waals surface area contributed by atoms with Crippen molar-refractivity contribution in [1.29, 1.82) is 0 Å². The summed E-state index contributed by atoms with van der Waals surface area (Å²) in [5, 5.41) is 4.12. The normalized spacial score (nSPS) is 16.5. The lowest BCUT2D eigenvalue weighted by atomic mass is 10.00. The molecule has 7 heteroatoms. The maximum Gasteiger partial charge on any atom is 0.193 e. The summed E-state index contributed by atoms with van der Waals surface area (Å²) < 4.78 is 1.95. The molecule has 0 saturated carbocycles. The SMILES string of the molecule is CN=C(NCc1cn2cc(Cl)ccc2n1)N1CCC(C)CC1.I. The Kier molecular flexibility index (Phi) is 6.52. The quantitative estimate of drug-likeness (QED) is 0.436. The van der Waals surface area contributed by atoms with Crippen LogP contribution in [0.25, 0.3) is 5.65 Å². The molecule has 0 amide bonds. The lowest BCUT2D eigenvalue weighted by Crippen LogP contribution is -2.45. The first kappa shape index (κ1) is 18.3. The van der Waals surface area contributed by atoms with Crippen molar-refractivity contribution in [3.05, 3.63) is 35.2 Å². The molecule has 3 rings (SSSR count). The maximum absolute atomic E-state index is 6.00. The highest BCUT2D eigenvalue weighted by atomic mass is 127. The van der Waals surface area contributed by atoms with Crippen LogP contribution in [0.5, 0.6) is 0 Å². The number of nitrogens with one attached hydrogen (secondary N) is 1. The van der Waals surface area contributed by atoms with Crippen LogP contribution in [0.15, 0.2) is 29.5 Å². The molecule has 0 unspecified atom stereocenters. The fraction of sp³-hybridized carbons (Fsp3) is 0.500. The summed E-state index contributed by atoms with van der Waals surface area (Å²) in [6.45, 7) is 5.12. The summed E-state index contributed by atoms with van der Waals surface area (Å²) in [6.07, 6.45) is 6.33. The Morgan fingerprint density at radius 2 is 2.09 bits per heavy atom. The van der Waals surface area contributed by atoms with Gasteiger partial charge in [-0.1, -0.05) is 18.5 Å². The Bertz CT molecular complexity index is 676. The number of rotatable bonds is 2. The summed E-state index contributed by atoms with van der Waals surface area (Å²) in [6, 6.07) is 3.78. The number of halogens is 2. The number of aliphatic imine (C=N–C) groups is 1. The van der Waals surface area contributed by atoms with Crippen LogP contribution in [-0.2, 0) is 6.54 Å². The minimum atomic E-state index is 0. The molecule has 0 atom stereocenters. The molecule has 2 aromatic rings. The van der Waals surface area contributed by atoms with Gasteiger partial charge in [0.1, 0.15) is 5.65 Å². The van der Waals surface area contributed by atoms with Gasteiger partial charge in [-0.15, -0.1) is 24.0 Å². The highest BCUT2D eigenvalue weighted by molar-refractivity contribution is 14.0. The van der Waals surface area contributed by atoms with Crippen molar-refractivity contribution in [2.75, 3.05) is 20.1 Å². The zero-order valence-electron chi connectivity index (χ0n) is 13.5. The van der Waals surface area contributed by atoms with E-state index in [1.54, 1.807) is 0 Å². The number of imidazole rings is 1. The van der Waals surface area contributed by atoms with E-state index in [1.165, 1.54) is 12.8 Å². The first-order chi connectivity index (χ1) is 10.7. The molecule has 0 aliphatic carbocycles. The Balaban J connectivity index is 0.00000192. The van der Waals surface area contributed by atoms with Crippen molar-refractivity contribution in [1.82, 2.24) is 19.6 Å². The Morgan fingerprint density at radius 1 is 1.35 bits per heavy atom. The number of pyridine rings is 1. The maximum atomic E-state index is 6.00. The highest BCUT2D eigenvalue weighted by Crippen LogP contribution is 2.16. The molecular formula is C16H23ClIN5. The average molecular weight is 448 g/mol. The third kappa shape index (κ3) is 4.50. The molecule has 1 N–H and O–H groups in total. The van der Waals surface area contributed by atoms with Gasteiger partial charge in [-0.05, 0) is 30.9 Å². The van der Waals surface area contributed by atoms with Crippen molar-refractivity contribution in [2.24, 2.45) is 10.9 Å². The molecule has 5 nitrogen and oxygen atoms in total. The van der Waals surface area contributed by atoms with Gasteiger partial charge in [-0.2, -0.15) is 0 Å². The molecule has 1 aliphatic rings. The molecule has 23 heavy (non-hydrogen) atoms. The largest absolute Gasteiger partial charge is 0.351 e. The molecule has 0 bridgehead atoms. The van der Waals surface area contributed by atoms with E-state index < -0.39 is 0 Å². The third-order valence-electron chi connectivity index (χ3n) is 4.19. The summed E-state index contributed by atoms with van der Waals surface area (Å²) in [7, 11) is 1.84. The molecule has 1 saturated heterocycles. The fourth-order valence-corrected chi connectivity index (χ4v) is 2.99. The fourth-order valence-electron chi connectivity index (χ4n) is 2.82. The second-order valence-corrected chi connectivity index (χ2v) is 6.35. The van der Waals surface area contributed by atoms with Gasteiger partial charge in [0.05, 0.1) is 17.3 Å². The van der Waals surface area contributed by atoms with Crippen LogP contribution in [0.2, 0.25) is 5.02 Å². The number of guanidine groups is 1. The van der Waals surface area contributed by atoms with Crippen LogP contribution in [-0.4, -0.2) is 40.4 Å². The zero-order chi connectivity index (χ0) is 15.5. The Hall–Kier alpha value is -1.02. The number of likely N-dealkylation sites (tertiary alicyclic amines) is 1. The molecule has 3 heterocycles. The zero-order valence-corrected chi connectivity index (χ0v) is 16.6. The van der Waals surface area contributed by atoms with Crippen LogP contribution >= 0.6 is 35.6 Å². The predicted octanol–water partition coefficient (Wildman–Crippen LogP) is 3.41. The average Bonchev–Trinajstić information content (AvgIpc) is 2.91. The van der Waals surface area contributed by atoms with E-state index in [0.717, 1.165) is 36.3 Å². The lowest BCUT2D eigenvalue weighted by Gasteiger charge is -2.32. The molecule has 1 aliphatic heterocycles. The van der Waals surface area contributed by atoms with E-state index in [1.807, 2.05) is 36.0 Å². The van der Waals surface area contributed by atoms with Crippen molar-refractivity contribution in [2.45, 2.75) is 26.3 Å². The van der Waals surface area contributed by atoms with E-state index in [9.17, 15) is 0 Å². The summed E-state index contributed by atoms with van der Waals surface area (Å²) in [5.41, 5.74) is 1.89. The van der Waals surface area contributed by atoms with E-state index in [2.05, 4.69) is 27.1 Å². The van der Waals surface area contributed by atoms with Gasteiger partial charge in [0, 0.05) is 32.5 Å². The van der Waals surface area contributed by atoms with Gasteiger partial charge in [-0.25, -0.2) is 4.98 Å². The molecular weight excluding hydrogens is 425 g/mol. The molecule has 0 radical (unpaired) electrons. The second-order valence-electron chi connectivity index (χ2n) is 5.92. The number of fused-ring (bicyclic) bond motifs is 1. The molecule has 126 valence electrons. The Labute approximate surface area is 159 Å². The van der Waals surface area contributed by atoms with E-state index in [-0.39, 0.29) is 24.0 Å². The summed E-state index contributed by atoms with van der Waals surface area (Å²) in [5.74, 6) is 1.78. The van der Waals surface area contributed by atoms with Crippen molar-refractivity contribution in [3.8, 4) is 0 Å². The third-order valence-corrected chi connectivity index (χ3v) is 4.41. The molecule has 0 spiro atoms. The van der Waals surface area contributed by atoms with Gasteiger partial charge in [-0.3, -0.25) is 4.99 Å². The van der Waals surface area contributed by atoms with E-state index >= 15 is 0 Å². The molecule has 0 aromatic carbocycles. The van der Waals surface area contributed by atoms with Crippen LogP contribution < -0.4 is 5.32 Å². The first-order valence-corrected chi connectivity index (χ1v) is 8.12. The van der Waals surface area contributed by atoms with Gasteiger partial charge in [0.2, 0.25) is 0 Å². The van der Waals surface area contributed by atoms with Crippen LogP contribution in [0.1, 0.15) is 25.5 Å². The van der Waals surface area contributed by atoms with Crippen LogP contribution in [0, 0.1) is 5.92 Å². The number of hydrogen-bond acceptors (Lipinski definition) is 2. The number of piperidine rings is 1. The van der Waals surface area contributed by atoms with Crippen molar-refractivity contribution >= 4 is 47.2 Å². The number of aromatic nitrogens is 2. The predicted molar refractivity (Wildman–Crippen MR) is 106 cm³/mol. The van der Waals surface area contributed by atoms with Gasteiger partial charge >= 0.3 is 0 Å². The van der Waals surface area contributed by atoms with Gasteiger partial charge < -0.3 is 14.6 Å². The van der Waals surface area contributed by atoms with E-state index in [4.69, 9.17) is 11.6 Å². The van der Waals surface area contributed by atoms with Crippen molar-refractivity contribution < 1.29 is 0 Å². The number of hydrogen-bond donors (Lipinski definition) is 1. The number of nitrogens with zero attached hydrogens (tertiary/aromatic N) is 4. The van der Waals surface area contributed by atoms with Crippen molar-refractivity contribution in [3.63, 3.8) is 0 Å². The van der Waals surface area contributed by atoms with E-state index in [0.29, 0.717) is 11.6 Å². The standard InChI is InChI=1S/C16H22ClN5.HI/c1-12-5-7-21(8-6-12)16(18-2)19-9-14-11-22-10-13(17)3-4-15(22)20-14;/h3-4,10-12H,5-9H2,1-2H3,(H,18,19);1H. The Morgan fingerprint density at radius 3 is 2.78 bits per heavy atom. The van der Waals surface area contributed by atoms with Gasteiger partial charge in [0.25, 0.3) is 0 Å². The van der Waals surface area contributed by atoms with Crippen LogP contribution in [0.4, 0.5) is 0 Å². The minimum absolute atomic E-state index is 0. The monoisotopic (exact) mass is 447 g/mol. The lowest BCUT2D eigenvalue weighted by molar-refractivity contribution is 0.273. The topological polar surface area (TPSA) is 44.9 Å². The summed E-state index contributed by atoms with van der Waals surface area (Å²) in [4.78, 5) is 11.3. The first-order valence-electron chi connectivity index (χ1n) is 7.74. The highest BCUT2D eigenvalue weighted by Gasteiger charge is 2.18. The van der Waals surface area contributed by atoms with Crippen LogP contribution in [0.3, 0.4) is 0 Å². The summed E-state index contributed by atoms with van der Waals surface area (Å²) >= 11 is 6.00. The minimum Gasteiger partial charge on any atom is -0.351 e. The van der Waals surface area contributed by atoms with Gasteiger partial charge in [0.15, 0.2) is 5.96 Å².